The molecule has 0 heterocycles. The van der Waals surface area contributed by atoms with Crippen molar-refractivity contribution in [2.24, 2.45) is 46.3 Å². The quantitative estimate of drug-likeness (QED) is 0.172. The number of rotatable bonds is 8. The average molecular weight is 538 g/mol. The summed E-state index contributed by atoms with van der Waals surface area (Å²) in [6.45, 7) is 6.74. The molecule has 10 unspecified atom stereocenters. The number of hydrogen-bond donors (Lipinski definition) is 3. The maximum absolute atomic E-state index is 12.2. The van der Waals surface area contributed by atoms with E-state index < -0.39 is 10.4 Å². The van der Waals surface area contributed by atoms with Gasteiger partial charge in [-0.3, -0.25) is 8.98 Å². The van der Waals surface area contributed by atoms with E-state index >= 15 is 0 Å². The molecule has 4 fully saturated rings. The zero-order chi connectivity index (χ0) is 25.6. The summed E-state index contributed by atoms with van der Waals surface area (Å²) in [4.78, 5) is 12.2. The van der Waals surface area contributed by atoms with Crippen molar-refractivity contribution in [1.29, 1.82) is 0 Å². The van der Waals surface area contributed by atoms with Gasteiger partial charge in [0.1, 0.15) is 0 Å². The van der Waals surface area contributed by atoms with Crippen molar-refractivity contribution in [1.82, 2.24) is 5.32 Å². The molecule has 1 amide bonds. The third-order valence-corrected chi connectivity index (χ3v) is 11.3. The fourth-order valence-electron chi connectivity index (χ4n) is 9.16. The van der Waals surface area contributed by atoms with E-state index in [1.807, 2.05) is 0 Å². The maximum atomic E-state index is 12.2. The summed E-state index contributed by atoms with van der Waals surface area (Å²) in [5.41, 5.74) is 0.396. The van der Waals surface area contributed by atoms with E-state index in [1.54, 1.807) is 0 Å². The van der Waals surface area contributed by atoms with Crippen LogP contribution in [0.4, 0.5) is 0 Å². The monoisotopic (exact) mass is 537 g/mol. The second kappa shape index (κ2) is 11.8. The van der Waals surface area contributed by atoms with Gasteiger partial charge in [-0.05, 0) is 104 Å². The zero-order valence-electron chi connectivity index (χ0n) is 22.4. The van der Waals surface area contributed by atoms with E-state index in [0.717, 1.165) is 51.4 Å². The van der Waals surface area contributed by atoms with Crippen molar-refractivity contribution >= 4 is 16.3 Å². The van der Waals surface area contributed by atoms with Crippen LogP contribution in [0.1, 0.15) is 85.0 Å². The molecular weight excluding hydrogens is 493 g/mol. The van der Waals surface area contributed by atoms with Gasteiger partial charge in [0, 0.05) is 13.0 Å². The minimum Gasteiger partial charge on any atom is -0.726 e. The van der Waals surface area contributed by atoms with Crippen LogP contribution in [0.2, 0.25) is 0 Å². The van der Waals surface area contributed by atoms with Gasteiger partial charge < -0.3 is 20.1 Å². The minimum absolute atomic E-state index is 0. The Bertz CT molecular complexity index is 888. The van der Waals surface area contributed by atoms with Gasteiger partial charge in [0.2, 0.25) is 16.3 Å². The number of fused-ring (bicyclic) bond motifs is 5. The molecule has 8 nitrogen and oxygen atoms in total. The van der Waals surface area contributed by atoms with Crippen molar-refractivity contribution in [3.05, 3.63) is 0 Å². The molecule has 0 aromatic rings. The predicted molar refractivity (Wildman–Crippen MR) is 130 cm³/mol. The molecule has 10 atom stereocenters. The summed E-state index contributed by atoms with van der Waals surface area (Å²) in [7, 11) is -4.73. The van der Waals surface area contributed by atoms with Gasteiger partial charge in [0.05, 0.1) is 18.8 Å². The Labute approximate surface area is 239 Å². The second-order valence-corrected chi connectivity index (χ2v) is 13.6. The Morgan fingerprint density at radius 1 is 1.08 bits per heavy atom. The molecule has 4 saturated carbocycles. The molecule has 4 rings (SSSR count). The Morgan fingerprint density at radius 3 is 2.44 bits per heavy atom. The molecule has 0 aliphatic heterocycles. The summed E-state index contributed by atoms with van der Waals surface area (Å²) in [5, 5.41) is 24.2. The molecule has 202 valence electrons. The van der Waals surface area contributed by atoms with Crippen LogP contribution in [0, 0.1) is 46.3 Å². The summed E-state index contributed by atoms with van der Waals surface area (Å²) < 4.78 is 35.6. The molecule has 0 saturated heterocycles. The van der Waals surface area contributed by atoms with Gasteiger partial charge in [0.15, 0.2) is 0 Å². The molecular formula is C26H44NNaO7S. The molecule has 0 aromatic heterocycles. The number of amides is 1. The van der Waals surface area contributed by atoms with Gasteiger partial charge in [-0.2, -0.15) is 0 Å². The zero-order valence-corrected chi connectivity index (χ0v) is 25.3. The van der Waals surface area contributed by atoms with E-state index in [0.29, 0.717) is 41.9 Å². The Balaban J connectivity index is 0.00000361. The first-order valence-corrected chi connectivity index (χ1v) is 14.9. The maximum Gasteiger partial charge on any atom is 1.00 e. The molecule has 0 bridgehead atoms. The summed E-state index contributed by atoms with van der Waals surface area (Å²) in [6, 6.07) is 0. The summed E-state index contributed by atoms with van der Waals surface area (Å²) in [5.74, 6) is 2.52. The van der Waals surface area contributed by atoms with Crippen molar-refractivity contribution in [3.8, 4) is 0 Å². The number of carbonyl (C=O) groups excluding carboxylic acids is 1. The fourth-order valence-corrected chi connectivity index (χ4v) is 9.45. The van der Waals surface area contributed by atoms with Crippen molar-refractivity contribution in [2.45, 2.75) is 97.2 Å². The largest absolute Gasteiger partial charge is 1.00 e. The SMILES string of the molecule is CC(CCC(=O)NCCOS(=O)(=O)[O-])C1CCC2C3C(O)CC4CC(O)CCC4(C)C3CCC12C.[Na+]. The molecule has 3 N–H and O–H groups in total. The Morgan fingerprint density at radius 2 is 1.75 bits per heavy atom. The van der Waals surface area contributed by atoms with Crippen LogP contribution >= 0.6 is 0 Å². The van der Waals surface area contributed by atoms with Gasteiger partial charge in [-0.1, -0.05) is 20.8 Å². The van der Waals surface area contributed by atoms with Gasteiger partial charge in [0.25, 0.3) is 0 Å². The minimum atomic E-state index is -4.73. The van der Waals surface area contributed by atoms with Crippen LogP contribution < -0.4 is 34.9 Å². The normalized spacial score (nSPS) is 42.9. The Kier molecular flexibility index (Phi) is 10.1. The van der Waals surface area contributed by atoms with Crippen LogP contribution in [0.5, 0.6) is 0 Å². The van der Waals surface area contributed by atoms with Crippen molar-refractivity contribution in [2.75, 3.05) is 13.2 Å². The fraction of sp³-hybridized carbons (Fsp3) is 0.962. The molecule has 0 radical (unpaired) electrons. The van der Waals surface area contributed by atoms with Crippen LogP contribution in [-0.2, 0) is 19.4 Å². The Hall–Kier alpha value is 0.260. The summed E-state index contributed by atoms with van der Waals surface area (Å²) >= 11 is 0. The van der Waals surface area contributed by atoms with E-state index in [9.17, 15) is 28.0 Å². The first-order valence-electron chi connectivity index (χ1n) is 13.6. The van der Waals surface area contributed by atoms with Crippen LogP contribution in [0.25, 0.3) is 0 Å². The molecule has 36 heavy (non-hydrogen) atoms. The summed E-state index contributed by atoms with van der Waals surface area (Å²) in [6.07, 6.45) is 8.80. The third kappa shape index (κ3) is 6.19. The smallest absolute Gasteiger partial charge is 0.726 e. The standard InChI is InChI=1S/C26H45NO7S.Na/c1-16(4-7-23(30)27-12-13-34-35(31,32)33)19-5-6-20-24-21(9-11-26(19,20)3)25(2)10-8-18(28)14-17(25)15-22(24)29;/h16-22,24,28-29H,4-15H2,1-3H3,(H,27,30)(H,31,32,33);/q;+1/p-1. The van der Waals surface area contributed by atoms with Gasteiger partial charge in [-0.25, -0.2) is 8.42 Å². The number of nitrogens with one attached hydrogen (secondary N) is 1. The second-order valence-electron chi connectivity index (χ2n) is 12.5. The third-order valence-electron chi connectivity index (χ3n) is 10.9. The van der Waals surface area contributed by atoms with Crippen LogP contribution in [0.15, 0.2) is 0 Å². The molecule has 0 aromatic carbocycles. The number of carbonyl (C=O) groups is 1. The predicted octanol–water partition coefficient (Wildman–Crippen LogP) is -0.00970. The van der Waals surface area contributed by atoms with E-state index in [-0.39, 0.29) is 71.7 Å². The molecule has 4 aliphatic carbocycles. The van der Waals surface area contributed by atoms with Gasteiger partial charge in [-0.15, -0.1) is 0 Å². The van der Waals surface area contributed by atoms with Crippen LogP contribution in [0.3, 0.4) is 0 Å². The first-order chi connectivity index (χ1) is 16.3. The average Bonchev–Trinajstić information content (AvgIpc) is 3.13. The topological polar surface area (TPSA) is 136 Å². The molecule has 0 spiro atoms. The van der Waals surface area contributed by atoms with E-state index in [4.69, 9.17) is 0 Å². The number of hydrogen-bond acceptors (Lipinski definition) is 7. The van der Waals surface area contributed by atoms with Crippen LogP contribution in [-0.4, -0.2) is 54.5 Å². The van der Waals surface area contributed by atoms with Gasteiger partial charge >= 0.3 is 29.6 Å². The number of aliphatic hydroxyl groups excluding tert-OH is 2. The number of aliphatic hydroxyl groups is 2. The molecule has 10 heteroatoms. The van der Waals surface area contributed by atoms with Crippen molar-refractivity contribution in [3.63, 3.8) is 0 Å². The van der Waals surface area contributed by atoms with Crippen molar-refractivity contribution < 1.29 is 61.7 Å². The molecule has 4 aliphatic rings. The first kappa shape index (κ1) is 30.8. The van der Waals surface area contributed by atoms with E-state index in [2.05, 4.69) is 30.3 Å². The van der Waals surface area contributed by atoms with E-state index in [1.165, 1.54) is 6.42 Å².